The van der Waals surface area contributed by atoms with Crippen molar-refractivity contribution in [2.45, 2.75) is 81.7 Å². The third-order valence-corrected chi connectivity index (χ3v) is 0. The fourth-order valence-electron chi connectivity index (χ4n) is 0. The first-order valence-electron chi connectivity index (χ1n) is 0.689. The normalized spacial score (nSPS) is 0.846. The molecular formula is C11H45IU. The van der Waals surface area contributed by atoms with E-state index in [1.54, 1.807) is 0 Å². The fraction of sp³-hybridized carbons (Fsp3) is 1.00. The van der Waals surface area contributed by atoms with Crippen LogP contribution < -0.4 is 0 Å². The van der Waals surface area contributed by atoms with Gasteiger partial charge in [-0.3, -0.25) is 0 Å². The van der Waals surface area contributed by atoms with E-state index in [-0.39, 0.29) is 81.7 Å². The molecule has 0 aliphatic carbocycles. The van der Waals surface area contributed by atoms with Crippen LogP contribution in [0.15, 0.2) is 0 Å². The molecule has 0 aliphatic rings. The molecule has 0 N–H and O–H groups in total. The first kappa shape index (κ1) is 196. The Labute approximate surface area is 122 Å². The number of hydrogen-bond acceptors (Lipinski definition) is 0. The summed E-state index contributed by atoms with van der Waals surface area (Å²) < 4.78 is 6.40. The molecule has 0 bridgehead atoms. The van der Waals surface area contributed by atoms with E-state index in [4.69, 9.17) is 0.194 Å². The van der Waals surface area contributed by atoms with Crippen molar-refractivity contribution in [1.82, 2.24) is 0 Å². The quantitative estimate of drug-likeness (QED) is 0.276. The summed E-state index contributed by atoms with van der Waals surface area (Å²) in [4.78, 5) is 0. The summed E-state index contributed by atoms with van der Waals surface area (Å²) >= 11 is 1.38. The third kappa shape index (κ3) is 602. The van der Waals surface area contributed by atoms with Crippen LogP contribution in [0.1, 0.15) is 81.7 Å². The molecule has 0 unspecified atom stereocenters. The summed E-state index contributed by atoms with van der Waals surface area (Å²) in [5.74, 6) is 0. The van der Waals surface area contributed by atoms with E-state index in [1.807, 2.05) is 0 Å². The van der Waals surface area contributed by atoms with Crippen LogP contribution in [0.25, 0.3) is 0 Å². The van der Waals surface area contributed by atoms with Crippen LogP contribution in [0.2, 0.25) is 0 Å². The summed E-state index contributed by atoms with van der Waals surface area (Å²) in [6.45, 7) is 0. The summed E-state index contributed by atoms with van der Waals surface area (Å²) in [6.07, 6.45) is 0. The van der Waals surface area contributed by atoms with Gasteiger partial charge in [-0.05, 0) is 0 Å². The third-order valence-electron chi connectivity index (χ3n) is 0. The molecule has 0 aromatic heterocycles. The van der Waals surface area contributed by atoms with Crippen molar-refractivity contribution < 1.29 is 24.5 Å². The zero-order valence-electron chi connectivity index (χ0n) is 1.88. The molecule has 0 aliphatic heterocycles. The summed E-state index contributed by atoms with van der Waals surface area (Å²) in [5, 5.41) is 0. The monoisotopic (exact) mass is 543 g/mol. The Morgan fingerprint density at radius 3 is 0.538 bits per heavy atom. The second-order valence-electron chi connectivity index (χ2n) is 0. The molecule has 13 heavy (non-hydrogen) atoms. The van der Waals surface area contributed by atoms with Crippen molar-refractivity contribution in [3.8, 4) is 0 Å². The van der Waals surface area contributed by atoms with Gasteiger partial charge in [-0.2, -0.15) is 0 Å². The van der Waals surface area contributed by atoms with E-state index >= 15 is 0 Å². The Morgan fingerprint density at radius 1 is 0.538 bits per heavy atom. The number of hydrogen-bond donors (Lipinski definition) is 0. The first-order chi connectivity index (χ1) is 1.41. The second-order valence-corrected chi connectivity index (χ2v) is 0. The number of rotatable bonds is 0. The SMILES string of the molecule is C.C.C.C.C.C.C.C.C.C.C.[2H][U][I]. The maximum atomic E-state index is 6.40. The van der Waals surface area contributed by atoms with Crippen molar-refractivity contribution in [1.29, 1.82) is 0.194 Å². The van der Waals surface area contributed by atoms with Gasteiger partial charge in [0.15, 0.2) is 0 Å². The molecule has 0 heterocycles. The summed E-state index contributed by atoms with van der Waals surface area (Å²) in [6, 6.07) is 0. The Bertz CT molecular complexity index is 15.2. The maximum absolute atomic E-state index is 6.40. The van der Waals surface area contributed by atoms with Crippen molar-refractivity contribution in [2.24, 2.45) is 0 Å². The van der Waals surface area contributed by atoms with Gasteiger partial charge in [0.05, 0.1) is 0 Å². The standard InChI is InChI=1S/11CH4.HI.U.H/h11*1H4;1H;;/q;;;;;;;;;;;;+1;/p-1/i;;;;;;;;;;;;;1+1. The minimum atomic E-state index is -0.785. The van der Waals surface area contributed by atoms with Crippen molar-refractivity contribution >= 4 is 16.8 Å². The van der Waals surface area contributed by atoms with Crippen LogP contribution in [-0.2, 0) is 0 Å². The molecule has 0 rings (SSSR count). The van der Waals surface area contributed by atoms with Gasteiger partial charge in [0.25, 0.3) is 0 Å². The molecule has 0 radical (unpaired) electrons. The predicted octanol–water partition coefficient (Wildman–Crippen LogP) is 7.62. The molecule has 2 heteroatoms. The molecule has 0 atom stereocenters. The van der Waals surface area contributed by atoms with Crippen LogP contribution >= 0.6 is 16.8 Å². The van der Waals surface area contributed by atoms with Gasteiger partial charge in [-0.25, -0.2) is 0 Å². The van der Waals surface area contributed by atoms with Gasteiger partial charge < -0.3 is 0 Å². The molecule has 0 nitrogen and oxygen atoms in total. The summed E-state index contributed by atoms with van der Waals surface area (Å²) in [7, 11) is 0. The second kappa shape index (κ2) is 709. The average Bonchev–Trinajstić information content (AvgIpc) is 0.918. The Kier molecular flexibility index (Phi) is 10700. The van der Waals surface area contributed by atoms with Crippen LogP contribution in [0, 0.1) is 24.5 Å². The average molecular weight is 543 g/mol. The van der Waals surface area contributed by atoms with Crippen LogP contribution in [0.5, 0.6) is 0 Å². The Hall–Kier alpha value is 1.78. The zero-order valence-corrected chi connectivity index (χ0v) is 7.20. The molecule has 100 valence electrons. The molecule has 0 aromatic carbocycles. The van der Waals surface area contributed by atoms with Crippen LogP contribution in [0.3, 0.4) is 0 Å². The summed E-state index contributed by atoms with van der Waals surface area (Å²) in [5.41, 5.74) is 0. The van der Waals surface area contributed by atoms with Gasteiger partial charge in [-0.1, -0.05) is 81.7 Å². The van der Waals surface area contributed by atoms with Crippen LogP contribution in [-0.4, -0.2) is 0.194 Å². The molecule has 0 aromatic rings. The van der Waals surface area contributed by atoms with Gasteiger partial charge in [0.1, 0.15) is 0 Å². The van der Waals surface area contributed by atoms with E-state index in [0.717, 1.165) is 0 Å². The van der Waals surface area contributed by atoms with E-state index in [2.05, 4.69) is 16.8 Å². The van der Waals surface area contributed by atoms with E-state index in [1.165, 1.54) is 0 Å². The zero-order chi connectivity index (χ0) is 2.71. The van der Waals surface area contributed by atoms with E-state index < -0.39 is 24.5 Å². The molecule has 0 fully saturated rings. The fourth-order valence-corrected chi connectivity index (χ4v) is 0. The molecule has 0 saturated heterocycles. The molecular weight excluding hydrogens is 497 g/mol. The van der Waals surface area contributed by atoms with Gasteiger partial charge in [0, 0.05) is 0 Å². The topological polar surface area (TPSA) is 0 Å². The Balaban J connectivity index is -0.000000000364. The van der Waals surface area contributed by atoms with Gasteiger partial charge in [0.2, 0.25) is 0 Å². The first-order valence-corrected chi connectivity index (χ1v) is 11.8. The van der Waals surface area contributed by atoms with E-state index in [9.17, 15) is 0 Å². The number of halogens is 1. The predicted molar refractivity (Wildman–Crippen MR) is 89.5 cm³/mol. The van der Waals surface area contributed by atoms with Crippen molar-refractivity contribution in [3.63, 3.8) is 0 Å². The van der Waals surface area contributed by atoms with Crippen molar-refractivity contribution in [2.75, 3.05) is 0 Å². The molecule has 0 spiro atoms. The molecule has 0 amide bonds. The molecule has 0 saturated carbocycles. The van der Waals surface area contributed by atoms with Crippen LogP contribution in [0.4, 0.5) is 0 Å². The minimum absolute atomic E-state index is 0. The van der Waals surface area contributed by atoms with Gasteiger partial charge >= 0.3 is 41.5 Å². The van der Waals surface area contributed by atoms with Crippen molar-refractivity contribution in [3.05, 3.63) is 0 Å². The van der Waals surface area contributed by atoms with E-state index in [0.29, 0.717) is 0 Å². The van der Waals surface area contributed by atoms with Gasteiger partial charge in [-0.15, -0.1) is 0 Å². The Morgan fingerprint density at radius 2 is 0.538 bits per heavy atom.